The zero-order valence-electron chi connectivity index (χ0n) is 8.23. The van der Waals surface area contributed by atoms with E-state index in [1.165, 1.54) is 0 Å². The van der Waals surface area contributed by atoms with Crippen LogP contribution >= 0.6 is 11.3 Å². The van der Waals surface area contributed by atoms with Crippen molar-refractivity contribution in [2.75, 3.05) is 0 Å². The molecule has 0 aliphatic heterocycles. The van der Waals surface area contributed by atoms with E-state index in [1.807, 2.05) is 5.38 Å². The van der Waals surface area contributed by atoms with Crippen LogP contribution in [0.1, 0.15) is 19.5 Å². The number of thiazole rings is 1. The number of hydrogen-bond acceptors (Lipinski definition) is 4. The molecule has 14 heavy (non-hydrogen) atoms. The van der Waals surface area contributed by atoms with Crippen molar-refractivity contribution < 1.29 is 4.42 Å². The lowest BCUT2D eigenvalue weighted by Crippen LogP contribution is -1.93. The molecule has 0 saturated carbocycles. The molecule has 0 N–H and O–H groups in total. The molecule has 0 aliphatic carbocycles. The maximum atomic E-state index is 5.34. The average Bonchev–Trinajstić information content (AvgIpc) is 2.69. The smallest absolute Gasteiger partial charge is 0.246 e. The average molecular weight is 208 g/mol. The van der Waals surface area contributed by atoms with Gasteiger partial charge < -0.3 is 4.42 Å². The third-order valence-electron chi connectivity index (χ3n) is 1.82. The topological polar surface area (TPSA) is 38.9 Å². The highest BCUT2D eigenvalue weighted by atomic mass is 32.1. The van der Waals surface area contributed by atoms with Crippen LogP contribution in [0.25, 0.3) is 11.6 Å². The van der Waals surface area contributed by atoms with Crippen molar-refractivity contribution >= 4 is 11.3 Å². The van der Waals surface area contributed by atoms with Crippen molar-refractivity contribution in [2.45, 2.75) is 20.3 Å². The van der Waals surface area contributed by atoms with Gasteiger partial charge in [0.15, 0.2) is 0 Å². The molecular weight excluding hydrogens is 196 g/mol. The molecule has 4 heteroatoms. The first-order valence-corrected chi connectivity index (χ1v) is 5.53. The second kappa shape index (κ2) is 3.92. The summed E-state index contributed by atoms with van der Waals surface area (Å²) in [5, 5.41) is 1.94. The van der Waals surface area contributed by atoms with Crippen molar-refractivity contribution in [1.29, 1.82) is 0 Å². The minimum atomic E-state index is 0.600. The molecular formula is C10H12N2OS. The zero-order chi connectivity index (χ0) is 9.97. The number of rotatable bonds is 3. The van der Waals surface area contributed by atoms with Crippen molar-refractivity contribution in [1.82, 2.24) is 9.97 Å². The molecule has 2 heterocycles. The molecule has 0 atom stereocenters. The van der Waals surface area contributed by atoms with Crippen molar-refractivity contribution in [3.8, 4) is 11.6 Å². The molecule has 0 unspecified atom stereocenters. The molecule has 2 aromatic heterocycles. The largest absolute Gasteiger partial charge is 0.443 e. The molecule has 0 radical (unpaired) electrons. The molecule has 0 saturated heterocycles. The van der Waals surface area contributed by atoms with E-state index in [9.17, 15) is 0 Å². The molecule has 0 fully saturated rings. The first-order valence-electron chi connectivity index (χ1n) is 4.58. The Morgan fingerprint density at radius 1 is 1.50 bits per heavy atom. The summed E-state index contributed by atoms with van der Waals surface area (Å²) in [6, 6.07) is 0. The maximum absolute atomic E-state index is 5.34. The summed E-state index contributed by atoms with van der Waals surface area (Å²) in [7, 11) is 0. The standard InChI is InChI=1S/C10H12N2OS/c1-7(2)3-8-4-13-10(12-8)9-5-14-6-11-9/h4-7H,3H2,1-2H3. The third kappa shape index (κ3) is 2.01. The first-order chi connectivity index (χ1) is 6.75. The molecule has 3 nitrogen and oxygen atoms in total. The van der Waals surface area contributed by atoms with Crippen LogP contribution in [0.4, 0.5) is 0 Å². The Morgan fingerprint density at radius 3 is 3.00 bits per heavy atom. The Balaban J connectivity index is 2.18. The Bertz CT molecular complexity index is 392. The summed E-state index contributed by atoms with van der Waals surface area (Å²) < 4.78 is 5.34. The van der Waals surface area contributed by atoms with Crippen LogP contribution in [0.2, 0.25) is 0 Å². The van der Waals surface area contributed by atoms with Gasteiger partial charge in [0.2, 0.25) is 5.89 Å². The van der Waals surface area contributed by atoms with E-state index < -0.39 is 0 Å². The van der Waals surface area contributed by atoms with Gasteiger partial charge in [-0.05, 0) is 12.3 Å². The third-order valence-corrected chi connectivity index (χ3v) is 2.41. The van der Waals surface area contributed by atoms with Crippen LogP contribution in [-0.2, 0) is 6.42 Å². The summed E-state index contributed by atoms with van der Waals surface area (Å²) in [4.78, 5) is 8.51. The van der Waals surface area contributed by atoms with Crippen molar-refractivity contribution in [3.63, 3.8) is 0 Å². The van der Waals surface area contributed by atoms with E-state index in [4.69, 9.17) is 4.42 Å². The van der Waals surface area contributed by atoms with Crippen LogP contribution in [-0.4, -0.2) is 9.97 Å². The molecule has 0 bridgehead atoms. The van der Waals surface area contributed by atoms with E-state index in [2.05, 4.69) is 23.8 Å². The van der Waals surface area contributed by atoms with Crippen LogP contribution in [0, 0.1) is 5.92 Å². The Kier molecular flexibility index (Phi) is 2.63. The fourth-order valence-electron chi connectivity index (χ4n) is 1.25. The SMILES string of the molecule is CC(C)Cc1coc(-c2cscn2)n1. The van der Waals surface area contributed by atoms with E-state index in [0.717, 1.165) is 17.8 Å². The van der Waals surface area contributed by atoms with E-state index >= 15 is 0 Å². The van der Waals surface area contributed by atoms with Gasteiger partial charge in [-0.1, -0.05) is 13.8 Å². The molecule has 74 valence electrons. The Labute approximate surface area is 86.8 Å². The highest BCUT2D eigenvalue weighted by Gasteiger charge is 2.08. The fraction of sp³-hybridized carbons (Fsp3) is 0.400. The molecule has 2 rings (SSSR count). The Morgan fingerprint density at radius 2 is 2.36 bits per heavy atom. The molecule has 0 amide bonds. The molecule has 0 aromatic carbocycles. The lowest BCUT2D eigenvalue weighted by molar-refractivity contribution is 0.566. The monoisotopic (exact) mass is 208 g/mol. The van der Waals surface area contributed by atoms with Gasteiger partial charge in [0.1, 0.15) is 12.0 Å². The summed E-state index contributed by atoms with van der Waals surface area (Å²) in [6.07, 6.45) is 2.67. The fourth-order valence-corrected chi connectivity index (χ4v) is 1.78. The van der Waals surface area contributed by atoms with Crippen LogP contribution in [0.15, 0.2) is 21.6 Å². The zero-order valence-corrected chi connectivity index (χ0v) is 9.04. The second-order valence-electron chi connectivity index (χ2n) is 3.62. The van der Waals surface area contributed by atoms with Gasteiger partial charge in [-0.25, -0.2) is 9.97 Å². The summed E-state index contributed by atoms with van der Waals surface area (Å²) in [5.74, 6) is 1.23. The quantitative estimate of drug-likeness (QED) is 0.778. The summed E-state index contributed by atoms with van der Waals surface area (Å²) >= 11 is 1.55. The van der Waals surface area contributed by atoms with Crippen molar-refractivity contribution in [3.05, 3.63) is 22.8 Å². The lowest BCUT2D eigenvalue weighted by atomic mass is 10.1. The van der Waals surface area contributed by atoms with Crippen LogP contribution in [0.3, 0.4) is 0 Å². The Hall–Kier alpha value is -1.16. The highest BCUT2D eigenvalue weighted by Crippen LogP contribution is 2.19. The lowest BCUT2D eigenvalue weighted by Gasteiger charge is -1.97. The summed E-state index contributed by atoms with van der Waals surface area (Å²) in [6.45, 7) is 4.33. The number of hydrogen-bond donors (Lipinski definition) is 0. The van der Waals surface area contributed by atoms with Crippen molar-refractivity contribution in [2.24, 2.45) is 5.92 Å². The second-order valence-corrected chi connectivity index (χ2v) is 4.33. The van der Waals surface area contributed by atoms with Crippen LogP contribution in [0.5, 0.6) is 0 Å². The van der Waals surface area contributed by atoms with Crippen LogP contribution < -0.4 is 0 Å². The van der Waals surface area contributed by atoms with E-state index in [1.54, 1.807) is 23.1 Å². The summed E-state index contributed by atoms with van der Waals surface area (Å²) in [5.41, 5.74) is 3.61. The highest BCUT2D eigenvalue weighted by molar-refractivity contribution is 7.07. The van der Waals surface area contributed by atoms with Gasteiger partial charge in [-0.2, -0.15) is 0 Å². The normalized spacial score (nSPS) is 11.1. The van der Waals surface area contributed by atoms with Gasteiger partial charge in [-0.15, -0.1) is 11.3 Å². The number of aromatic nitrogens is 2. The predicted molar refractivity (Wildman–Crippen MR) is 56.2 cm³/mol. The minimum absolute atomic E-state index is 0.600. The van der Waals surface area contributed by atoms with Gasteiger partial charge in [-0.3, -0.25) is 0 Å². The van der Waals surface area contributed by atoms with E-state index in [-0.39, 0.29) is 0 Å². The minimum Gasteiger partial charge on any atom is -0.443 e. The molecule has 2 aromatic rings. The first kappa shape index (κ1) is 9.40. The number of nitrogens with zero attached hydrogens (tertiary/aromatic N) is 2. The number of oxazole rings is 1. The van der Waals surface area contributed by atoms with E-state index in [0.29, 0.717) is 11.8 Å². The van der Waals surface area contributed by atoms with Gasteiger partial charge in [0.25, 0.3) is 0 Å². The van der Waals surface area contributed by atoms with Gasteiger partial charge in [0.05, 0.1) is 11.2 Å². The van der Waals surface area contributed by atoms with Gasteiger partial charge in [0, 0.05) is 5.38 Å². The molecule has 0 aliphatic rings. The maximum Gasteiger partial charge on any atom is 0.246 e. The van der Waals surface area contributed by atoms with Gasteiger partial charge >= 0.3 is 0 Å². The molecule has 0 spiro atoms. The predicted octanol–water partition coefficient (Wildman–Crippen LogP) is 3.00.